The first-order valence-corrected chi connectivity index (χ1v) is 14.6. The fraction of sp³-hybridized carbons (Fsp3) is 0.350. The van der Waals surface area contributed by atoms with E-state index in [4.69, 9.17) is 17.0 Å². The van der Waals surface area contributed by atoms with Gasteiger partial charge in [0.05, 0.1) is 0 Å². The summed E-state index contributed by atoms with van der Waals surface area (Å²) in [6.45, 7) is 9.22. The predicted octanol–water partition coefficient (Wildman–Crippen LogP) is 6.23. The summed E-state index contributed by atoms with van der Waals surface area (Å²) in [5.41, 5.74) is 3.80. The zero-order valence-electron chi connectivity index (χ0n) is 15.2. The number of aliphatic imine (C=N–C) groups is 1. The van der Waals surface area contributed by atoms with E-state index in [1.165, 1.54) is 5.56 Å². The fourth-order valence-electron chi connectivity index (χ4n) is 2.68. The SMILES string of the molecule is CCCN=Cc1cc(C)cc(C(C)(C)c2ccccc2)c1O.[Cl][Zr][Cl]. The molecule has 0 bridgehead atoms. The van der Waals surface area contributed by atoms with Gasteiger partial charge in [-0.2, -0.15) is 0 Å². The molecule has 134 valence electrons. The molecular weight excluding hydrogens is 432 g/mol. The molecule has 0 heterocycles. The molecule has 0 aromatic heterocycles. The second-order valence-electron chi connectivity index (χ2n) is 6.35. The van der Waals surface area contributed by atoms with Crippen molar-refractivity contribution in [3.8, 4) is 5.75 Å². The van der Waals surface area contributed by atoms with Gasteiger partial charge in [0.2, 0.25) is 0 Å². The van der Waals surface area contributed by atoms with Gasteiger partial charge < -0.3 is 5.11 Å². The molecule has 0 aliphatic heterocycles. The van der Waals surface area contributed by atoms with Crippen molar-refractivity contribution < 1.29 is 26.0 Å². The molecule has 0 saturated heterocycles. The van der Waals surface area contributed by atoms with Gasteiger partial charge in [-0.3, -0.25) is 4.99 Å². The zero-order chi connectivity index (χ0) is 18.9. The van der Waals surface area contributed by atoms with Gasteiger partial charge in [-0.1, -0.05) is 57.2 Å². The number of phenols is 1. The average Bonchev–Trinajstić information content (AvgIpc) is 2.59. The summed E-state index contributed by atoms with van der Waals surface area (Å²) in [5, 5.41) is 10.7. The molecule has 1 N–H and O–H groups in total. The quantitative estimate of drug-likeness (QED) is 0.530. The summed E-state index contributed by atoms with van der Waals surface area (Å²) >= 11 is -0.826. The topological polar surface area (TPSA) is 32.6 Å². The van der Waals surface area contributed by atoms with Crippen LogP contribution in [0, 0.1) is 6.92 Å². The summed E-state index contributed by atoms with van der Waals surface area (Å²) < 4.78 is 0. The number of halogens is 2. The number of nitrogens with zero attached hydrogens (tertiary/aromatic N) is 1. The maximum absolute atomic E-state index is 10.7. The van der Waals surface area contributed by atoms with E-state index in [0.29, 0.717) is 5.75 Å². The van der Waals surface area contributed by atoms with Crippen molar-refractivity contribution in [3.05, 3.63) is 64.7 Å². The number of hydrogen-bond acceptors (Lipinski definition) is 2. The number of hydrogen-bond donors (Lipinski definition) is 1. The Morgan fingerprint density at radius 1 is 1.16 bits per heavy atom. The molecule has 25 heavy (non-hydrogen) atoms. The van der Waals surface area contributed by atoms with E-state index >= 15 is 0 Å². The third-order valence-corrected chi connectivity index (χ3v) is 4.04. The molecular formula is C20H25Cl2NOZr. The summed E-state index contributed by atoms with van der Waals surface area (Å²) in [6.07, 6.45) is 2.79. The second-order valence-corrected chi connectivity index (χ2v) is 10.1. The predicted molar refractivity (Wildman–Crippen MR) is 106 cm³/mol. The van der Waals surface area contributed by atoms with Crippen LogP contribution in [0.15, 0.2) is 47.5 Å². The van der Waals surface area contributed by atoms with Crippen LogP contribution in [-0.2, 0) is 26.3 Å². The van der Waals surface area contributed by atoms with Crippen LogP contribution in [0.2, 0.25) is 0 Å². The molecule has 0 radical (unpaired) electrons. The first-order valence-electron chi connectivity index (χ1n) is 8.24. The summed E-state index contributed by atoms with van der Waals surface area (Å²) in [7, 11) is 9.87. The van der Waals surface area contributed by atoms with E-state index in [2.05, 4.69) is 50.9 Å². The van der Waals surface area contributed by atoms with E-state index in [1.54, 1.807) is 6.21 Å². The van der Waals surface area contributed by atoms with Crippen LogP contribution < -0.4 is 0 Å². The Hall–Kier alpha value is -0.627. The van der Waals surface area contributed by atoms with E-state index < -0.39 is 20.8 Å². The van der Waals surface area contributed by atoms with Crippen LogP contribution in [0.4, 0.5) is 0 Å². The van der Waals surface area contributed by atoms with Crippen LogP contribution in [0.3, 0.4) is 0 Å². The Labute approximate surface area is 170 Å². The molecule has 0 amide bonds. The third kappa shape index (κ3) is 6.55. The second kappa shape index (κ2) is 11.2. The van der Waals surface area contributed by atoms with Crippen molar-refractivity contribution in [2.24, 2.45) is 4.99 Å². The average molecular weight is 458 g/mol. The van der Waals surface area contributed by atoms with Crippen LogP contribution in [-0.4, -0.2) is 17.9 Å². The van der Waals surface area contributed by atoms with Crippen molar-refractivity contribution in [2.45, 2.75) is 39.5 Å². The van der Waals surface area contributed by atoms with Crippen molar-refractivity contribution in [3.63, 3.8) is 0 Å². The van der Waals surface area contributed by atoms with Gasteiger partial charge in [0, 0.05) is 29.3 Å². The Bertz CT molecular complexity index is 688. The van der Waals surface area contributed by atoms with E-state index in [9.17, 15) is 5.11 Å². The van der Waals surface area contributed by atoms with E-state index in [-0.39, 0.29) is 5.41 Å². The monoisotopic (exact) mass is 455 g/mol. The van der Waals surface area contributed by atoms with E-state index in [1.807, 2.05) is 24.3 Å². The number of rotatable bonds is 5. The normalized spacial score (nSPS) is 11.1. The molecule has 0 fully saturated rings. The Morgan fingerprint density at radius 3 is 2.32 bits per heavy atom. The first-order chi connectivity index (χ1) is 11.9. The molecule has 2 rings (SSSR count). The third-order valence-electron chi connectivity index (χ3n) is 4.04. The molecule has 5 heteroatoms. The van der Waals surface area contributed by atoms with Gasteiger partial charge in [-0.05, 0) is 30.5 Å². The Balaban J connectivity index is 0.000000970. The van der Waals surface area contributed by atoms with Gasteiger partial charge in [-0.15, -0.1) is 0 Å². The molecule has 0 atom stereocenters. The number of aromatic hydroxyl groups is 1. The number of aryl methyl sites for hydroxylation is 1. The van der Waals surface area contributed by atoms with Gasteiger partial charge in [-0.25, -0.2) is 0 Å². The van der Waals surface area contributed by atoms with Crippen molar-refractivity contribution in [1.82, 2.24) is 0 Å². The Morgan fingerprint density at radius 2 is 1.76 bits per heavy atom. The first kappa shape index (κ1) is 22.4. The van der Waals surface area contributed by atoms with Crippen molar-refractivity contribution >= 4 is 23.2 Å². The molecule has 2 aromatic carbocycles. The van der Waals surface area contributed by atoms with Gasteiger partial charge in [0.15, 0.2) is 0 Å². The van der Waals surface area contributed by atoms with Crippen LogP contribution in [0.25, 0.3) is 0 Å². The summed E-state index contributed by atoms with van der Waals surface area (Å²) in [4.78, 5) is 4.37. The Kier molecular flexibility index (Phi) is 10.0. The van der Waals surface area contributed by atoms with E-state index in [0.717, 1.165) is 29.7 Å². The van der Waals surface area contributed by atoms with Crippen LogP contribution in [0.1, 0.15) is 49.4 Å². The number of benzene rings is 2. The minimum absolute atomic E-state index is 0.259. The maximum atomic E-state index is 10.7. The molecule has 2 aromatic rings. The van der Waals surface area contributed by atoms with Crippen molar-refractivity contribution in [1.29, 1.82) is 0 Å². The molecule has 0 spiro atoms. The minimum atomic E-state index is -0.826. The summed E-state index contributed by atoms with van der Waals surface area (Å²) in [5.74, 6) is 0.333. The zero-order valence-corrected chi connectivity index (χ0v) is 19.2. The fourth-order valence-corrected chi connectivity index (χ4v) is 2.68. The molecule has 0 aliphatic rings. The number of phenolic OH excluding ortho intramolecular Hbond substituents is 1. The van der Waals surface area contributed by atoms with Gasteiger partial charge >= 0.3 is 37.9 Å². The standard InChI is InChI=1S/C20H25NO.2ClH.Zr/c1-5-11-21-14-16-12-15(2)13-18(19(16)22)20(3,4)17-9-7-6-8-10-17;;;/h6-10,12-14,22H,5,11H2,1-4H3;2*1H;/q;;;+2/p-2. The van der Waals surface area contributed by atoms with Gasteiger partial charge in [0.1, 0.15) is 5.75 Å². The molecule has 0 aliphatic carbocycles. The van der Waals surface area contributed by atoms with Crippen LogP contribution >= 0.6 is 17.0 Å². The molecule has 0 unspecified atom stereocenters. The summed E-state index contributed by atoms with van der Waals surface area (Å²) in [6, 6.07) is 14.3. The molecule has 0 saturated carbocycles. The van der Waals surface area contributed by atoms with Crippen LogP contribution in [0.5, 0.6) is 5.75 Å². The van der Waals surface area contributed by atoms with Gasteiger partial charge in [0.25, 0.3) is 0 Å². The molecule has 2 nitrogen and oxygen atoms in total. The van der Waals surface area contributed by atoms with Crippen molar-refractivity contribution in [2.75, 3.05) is 6.54 Å².